The molecule has 0 amide bonds. The van der Waals surface area contributed by atoms with Crippen LogP contribution in [0.25, 0.3) is 0 Å². The lowest BCUT2D eigenvalue weighted by Gasteiger charge is -2.29. The molecule has 0 spiro atoms. The quantitative estimate of drug-likeness (QED) is 0.894. The number of nitrogens with zero attached hydrogens (tertiary/aromatic N) is 1. The van der Waals surface area contributed by atoms with Crippen LogP contribution in [-0.2, 0) is 0 Å². The summed E-state index contributed by atoms with van der Waals surface area (Å²) in [7, 11) is 0. The lowest BCUT2D eigenvalue weighted by molar-refractivity contribution is 0.301. The predicted molar refractivity (Wildman–Crippen MR) is 78.8 cm³/mol. The van der Waals surface area contributed by atoms with Crippen LogP contribution in [0.1, 0.15) is 51.6 Å². The van der Waals surface area contributed by atoms with Gasteiger partial charge >= 0.3 is 0 Å². The SMILES string of the molecule is CCC1(CC)CCN(c2c(F)cccc2C(C)N)C1. The fraction of sp³-hybridized carbons (Fsp3) is 0.625. The third-order valence-electron chi connectivity index (χ3n) is 4.76. The van der Waals surface area contributed by atoms with Gasteiger partial charge in [-0.25, -0.2) is 4.39 Å². The summed E-state index contributed by atoms with van der Waals surface area (Å²) in [5.41, 5.74) is 7.98. The maximum absolute atomic E-state index is 14.2. The van der Waals surface area contributed by atoms with E-state index >= 15 is 0 Å². The Bertz CT molecular complexity index is 438. The van der Waals surface area contributed by atoms with Gasteiger partial charge in [-0.1, -0.05) is 26.0 Å². The molecule has 1 heterocycles. The van der Waals surface area contributed by atoms with Crippen molar-refractivity contribution in [1.82, 2.24) is 0 Å². The van der Waals surface area contributed by atoms with E-state index in [1.807, 2.05) is 13.0 Å². The van der Waals surface area contributed by atoms with Gasteiger partial charge in [-0.05, 0) is 43.2 Å². The van der Waals surface area contributed by atoms with E-state index in [-0.39, 0.29) is 11.9 Å². The zero-order valence-electron chi connectivity index (χ0n) is 12.2. The number of hydrogen-bond acceptors (Lipinski definition) is 2. The van der Waals surface area contributed by atoms with Crippen molar-refractivity contribution in [2.45, 2.75) is 46.1 Å². The van der Waals surface area contributed by atoms with Gasteiger partial charge in [-0.2, -0.15) is 0 Å². The molecule has 3 heteroatoms. The minimum absolute atomic E-state index is 0.135. The first-order valence-corrected chi connectivity index (χ1v) is 7.32. The van der Waals surface area contributed by atoms with Crippen molar-refractivity contribution in [2.75, 3.05) is 18.0 Å². The van der Waals surface area contributed by atoms with Crippen LogP contribution < -0.4 is 10.6 Å². The maximum atomic E-state index is 14.2. The second kappa shape index (κ2) is 5.49. The van der Waals surface area contributed by atoms with Gasteiger partial charge in [-0.3, -0.25) is 0 Å². The summed E-state index contributed by atoms with van der Waals surface area (Å²) in [6.07, 6.45) is 3.46. The van der Waals surface area contributed by atoms with E-state index in [1.54, 1.807) is 12.1 Å². The monoisotopic (exact) mass is 264 g/mol. The molecule has 1 saturated heterocycles. The molecule has 2 N–H and O–H groups in total. The summed E-state index contributed by atoms with van der Waals surface area (Å²) in [6.45, 7) is 8.27. The molecule has 0 bridgehead atoms. The highest BCUT2D eigenvalue weighted by atomic mass is 19.1. The van der Waals surface area contributed by atoms with Gasteiger partial charge in [0.25, 0.3) is 0 Å². The van der Waals surface area contributed by atoms with Gasteiger partial charge in [0.2, 0.25) is 0 Å². The molecule has 19 heavy (non-hydrogen) atoms. The average Bonchev–Trinajstić information content (AvgIpc) is 2.83. The topological polar surface area (TPSA) is 29.3 Å². The largest absolute Gasteiger partial charge is 0.368 e. The molecule has 0 radical (unpaired) electrons. The van der Waals surface area contributed by atoms with Crippen molar-refractivity contribution in [3.8, 4) is 0 Å². The summed E-state index contributed by atoms with van der Waals surface area (Å²) in [5.74, 6) is -0.141. The van der Waals surface area contributed by atoms with E-state index in [4.69, 9.17) is 5.73 Å². The van der Waals surface area contributed by atoms with Crippen molar-refractivity contribution >= 4 is 5.69 Å². The second-order valence-electron chi connectivity index (χ2n) is 5.85. The number of rotatable bonds is 4. The minimum Gasteiger partial charge on any atom is -0.368 e. The summed E-state index contributed by atoms with van der Waals surface area (Å²) in [5, 5.41) is 0. The van der Waals surface area contributed by atoms with Crippen LogP contribution in [0, 0.1) is 11.2 Å². The first-order valence-electron chi connectivity index (χ1n) is 7.32. The second-order valence-corrected chi connectivity index (χ2v) is 5.85. The molecule has 0 saturated carbocycles. The Morgan fingerprint density at radius 1 is 1.37 bits per heavy atom. The van der Waals surface area contributed by atoms with E-state index in [1.165, 1.54) is 0 Å². The number of para-hydroxylation sites is 1. The molecule has 1 atom stereocenters. The van der Waals surface area contributed by atoms with E-state index in [2.05, 4.69) is 18.7 Å². The van der Waals surface area contributed by atoms with Crippen LogP contribution in [0.3, 0.4) is 0 Å². The molecule has 2 nitrogen and oxygen atoms in total. The smallest absolute Gasteiger partial charge is 0.146 e. The number of benzene rings is 1. The fourth-order valence-corrected chi connectivity index (χ4v) is 3.19. The number of anilines is 1. The molecule has 1 aromatic rings. The van der Waals surface area contributed by atoms with Crippen molar-refractivity contribution in [3.05, 3.63) is 29.6 Å². The molecule has 0 aromatic heterocycles. The highest BCUT2D eigenvalue weighted by Gasteiger charge is 2.36. The van der Waals surface area contributed by atoms with Gasteiger partial charge in [0.05, 0.1) is 5.69 Å². The Morgan fingerprint density at radius 3 is 2.58 bits per heavy atom. The van der Waals surface area contributed by atoms with Crippen LogP contribution in [0.4, 0.5) is 10.1 Å². The van der Waals surface area contributed by atoms with Crippen LogP contribution in [0.15, 0.2) is 18.2 Å². The Hall–Kier alpha value is -1.09. The molecular formula is C16H25FN2. The Morgan fingerprint density at radius 2 is 2.05 bits per heavy atom. The fourth-order valence-electron chi connectivity index (χ4n) is 3.19. The van der Waals surface area contributed by atoms with Crippen LogP contribution in [-0.4, -0.2) is 13.1 Å². The molecule has 1 aliphatic heterocycles. The summed E-state index contributed by atoms with van der Waals surface area (Å²) < 4.78 is 14.2. The third kappa shape index (κ3) is 2.62. The predicted octanol–water partition coefficient (Wildman–Crippen LogP) is 3.86. The number of hydrogen-bond donors (Lipinski definition) is 1. The van der Waals surface area contributed by atoms with Gasteiger partial charge in [0, 0.05) is 19.1 Å². The molecule has 1 fully saturated rings. The first-order chi connectivity index (χ1) is 9.03. The Labute approximate surface area is 115 Å². The normalized spacial score (nSPS) is 19.7. The van der Waals surface area contributed by atoms with E-state index in [0.29, 0.717) is 5.41 Å². The zero-order chi connectivity index (χ0) is 14.0. The molecule has 106 valence electrons. The molecule has 1 aliphatic rings. The standard InChI is InChI=1S/C16H25FN2/c1-4-16(5-2)9-10-19(11-16)15-13(12(3)18)7-6-8-14(15)17/h6-8,12H,4-5,9-11,18H2,1-3H3. The van der Waals surface area contributed by atoms with Crippen LogP contribution in [0.2, 0.25) is 0 Å². The third-order valence-corrected chi connectivity index (χ3v) is 4.76. The van der Waals surface area contributed by atoms with Gasteiger partial charge in [-0.15, -0.1) is 0 Å². The van der Waals surface area contributed by atoms with Crippen LogP contribution in [0.5, 0.6) is 0 Å². The van der Waals surface area contributed by atoms with Crippen molar-refractivity contribution < 1.29 is 4.39 Å². The zero-order valence-corrected chi connectivity index (χ0v) is 12.2. The molecule has 2 rings (SSSR count). The molecule has 1 aromatic carbocycles. The molecule has 1 unspecified atom stereocenters. The number of halogens is 1. The Kier molecular flexibility index (Phi) is 4.14. The first kappa shape index (κ1) is 14.3. The maximum Gasteiger partial charge on any atom is 0.146 e. The van der Waals surface area contributed by atoms with E-state index in [0.717, 1.165) is 43.6 Å². The molecule has 0 aliphatic carbocycles. The molecular weight excluding hydrogens is 239 g/mol. The highest BCUT2D eigenvalue weighted by molar-refractivity contribution is 5.57. The lowest BCUT2D eigenvalue weighted by atomic mass is 9.82. The summed E-state index contributed by atoms with van der Waals surface area (Å²) in [4.78, 5) is 2.20. The van der Waals surface area contributed by atoms with Crippen molar-refractivity contribution in [3.63, 3.8) is 0 Å². The summed E-state index contributed by atoms with van der Waals surface area (Å²) in [6, 6.07) is 5.10. The van der Waals surface area contributed by atoms with Gasteiger partial charge in [0.1, 0.15) is 5.82 Å². The summed E-state index contributed by atoms with van der Waals surface area (Å²) >= 11 is 0. The highest BCUT2D eigenvalue weighted by Crippen LogP contribution is 2.41. The number of nitrogens with two attached hydrogens (primary N) is 1. The van der Waals surface area contributed by atoms with E-state index in [9.17, 15) is 4.39 Å². The van der Waals surface area contributed by atoms with E-state index < -0.39 is 0 Å². The van der Waals surface area contributed by atoms with Gasteiger partial charge < -0.3 is 10.6 Å². The van der Waals surface area contributed by atoms with Crippen molar-refractivity contribution in [1.29, 1.82) is 0 Å². The van der Waals surface area contributed by atoms with Crippen molar-refractivity contribution in [2.24, 2.45) is 11.1 Å². The minimum atomic E-state index is -0.141. The average molecular weight is 264 g/mol. The lowest BCUT2D eigenvalue weighted by Crippen LogP contribution is -2.28. The Balaban J connectivity index is 2.34. The van der Waals surface area contributed by atoms with Crippen LogP contribution >= 0.6 is 0 Å². The van der Waals surface area contributed by atoms with Gasteiger partial charge in [0.15, 0.2) is 0 Å².